The van der Waals surface area contributed by atoms with Gasteiger partial charge in [-0.3, -0.25) is 9.79 Å². The van der Waals surface area contributed by atoms with Crippen LogP contribution in [0.25, 0.3) is 31.7 Å². The molecule has 1 aliphatic heterocycles. The van der Waals surface area contributed by atoms with Gasteiger partial charge in [-0.2, -0.15) is 0 Å². The maximum Gasteiger partial charge on any atom is 0.167 e. The highest BCUT2D eigenvalue weighted by Crippen LogP contribution is 2.38. The van der Waals surface area contributed by atoms with Gasteiger partial charge in [0, 0.05) is 27.8 Å². The van der Waals surface area contributed by atoms with Gasteiger partial charge in [-0.15, -0.1) is 11.3 Å². The van der Waals surface area contributed by atoms with Crippen molar-refractivity contribution in [3.63, 3.8) is 0 Å². The summed E-state index contributed by atoms with van der Waals surface area (Å²) in [5.74, 6) is 0.129. The molecule has 5 aromatic rings. The molecule has 0 fully saturated rings. The molecule has 0 bridgehead atoms. The van der Waals surface area contributed by atoms with Crippen LogP contribution in [0.15, 0.2) is 102 Å². The molecule has 1 aliphatic rings. The van der Waals surface area contributed by atoms with Crippen molar-refractivity contribution in [3.05, 3.63) is 119 Å². The number of ketones is 1. The summed E-state index contributed by atoms with van der Waals surface area (Å²) in [5.41, 5.74) is 7.44. The lowest BCUT2D eigenvalue weighted by Gasteiger charge is -2.12. The van der Waals surface area contributed by atoms with Gasteiger partial charge in [-0.25, -0.2) is 0 Å². The second-order valence-electron chi connectivity index (χ2n) is 8.33. The number of rotatable bonds is 5. The molecular formula is C30H21NOS. The fourth-order valence-corrected chi connectivity index (χ4v) is 5.67. The van der Waals surface area contributed by atoms with E-state index in [9.17, 15) is 4.79 Å². The van der Waals surface area contributed by atoms with Crippen LogP contribution >= 0.6 is 11.3 Å². The monoisotopic (exact) mass is 443 g/mol. The topological polar surface area (TPSA) is 29.4 Å². The number of aliphatic imine (C=N–C) groups is 1. The SMILES string of the molecule is O=C(Cc1ccccc1-c1ccccc1)c1cc2c(c(-c3cc4ccccc4s3)c1)CN=C2. The Hall–Kier alpha value is -3.82. The summed E-state index contributed by atoms with van der Waals surface area (Å²) in [7, 11) is 0. The van der Waals surface area contributed by atoms with Crippen LogP contribution in [0.3, 0.4) is 0 Å². The van der Waals surface area contributed by atoms with Crippen LogP contribution < -0.4 is 0 Å². The first-order valence-electron chi connectivity index (χ1n) is 11.1. The summed E-state index contributed by atoms with van der Waals surface area (Å²) in [6, 6.07) is 33.2. The minimum Gasteiger partial charge on any atom is -0.294 e. The predicted octanol–water partition coefficient (Wildman–Crippen LogP) is 7.59. The summed E-state index contributed by atoms with van der Waals surface area (Å²) in [6.07, 6.45) is 2.27. The zero-order valence-corrected chi connectivity index (χ0v) is 18.8. The molecule has 0 atom stereocenters. The third kappa shape index (κ3) is 3.71. The molecule has 0 saturated heterocycles. The number of hydrogen-bond acceptors (Lipinski definition) is 3. The molecule has 2 nitrogen and oxygen atoms in total. The van der Waals surface area contributed by atoms with Crippen molar-refractivity contribution < 1.29 is 4.79 Å². The Bertz CT molecular complexity index is 1500. The van der Waals surface area contributed by atoms with Gasteiger partial charge < -0.3 is 0 Å². The quantitative estimate of drug-likeness (QED) is 0.257. The average molecular weight is 444 g/mol. The van der Waals surface area contributed by atoms with Crippen molar-refractivity contribution in [3.8, 4) is 21.6 Å². The van der Waals surface area contributed by atoms with Crippen LogP contribution in [0.4, 0.5) is 0 Å². The second-order valence-corrected chi connectivity index (χ2v) is 9.42. The highest BCUT2D eigenvalue weighted by atomic mass is 32.1. The Morgan fingerprint density at radius 2 is 1.61 bits per heavy atom. The Balaban J connectivity index is 1.40. The van der Waals surface area contributed by atoms with E-state index < -0.39 is 0 Å². The van der Waals surface area contributed by atoms with Gasteiger partial charge in [0.2, 0.25) is 0 Å². The third-order valence-electron chi connectivity index (χ3n) is 6.23. The van der Waals surface area contributed by atoms with Gasteiger partial charge in [0.05, 0.1) is 6.54 Å². The third-order valence-corrected chi connectivity index (χ3v) is 7.38. The minimum absolute atomic E-state index is 0.129. The first kappa shape index (κ1) is 19.8. The van der Waals surface area contributed by atoms with E-state index in [1.807, 2.05) is 42.6 Å². The number of fused-ring (bicyclic) bond motifs is 2. The lowest BCUT2D eigenvalue weighted by Crippen LogP contribution is -2.06. The Kier molecular flexibility index (Phi) is 4.97. The summed E-state index contributed by atoms with van der Waals surface area (Å²) >= 11 is 1.77. The zero-order chi connectivity index (χ0) is 22.2. The van der Waals surface area contributed by atoms with Gasteiger partial charge in [-0.1, -0.05) is 72.8 Å². The molecule has 0 unspecified atom stereocenters. The first-order chi connectivity index (χ1) is 16.3. The number of Topliss-reactive ketones (excluding diaryl/α,β-unsaturated/α-hetero) is 1. The minimum atomic E-state index is 0.129. The van der Waals surface area contributed by atoms with E-state index in [2.05, 4.69) is 65.7 Å². The number of thiophene rings is 1. The molecule has 0 aliphatic carbocycles. The maximum absolute atomic E-state index is 13.5. The van der Waals surface area contributed by atoms with Gasteiger partial charge in [0.1, 0.15) is 0 Å². The molecule has 0 N–H and O–H groups in total. The zero-order valence-electron chi connectivity index (χ0n) is 18.0. The van der Waals surface area contributed by atoms with E-state index in [0.29, 0.717) is 13.0 Å². The van der Waals surface area contributed by atoms with Crippen LogP contribution in [0.1, 0.15) is 27.0 Å². The van der Waals surface area contributed by atoms with Gasteiger partial charge >= 0.3 is 0 Å². The highest BCUT2D eigenvalue weighted by molar-refractivity contribution is 7.22. The van der Waals surface area contributed by atoms with Crippen molar-refractivity contribution in [1.29, 1.82) is 0 Å². The molecule has 0 amide bonds. The summed E-state index contributed by atoms with van der Waals surface area (Å²) in [5, 5.41) is 1.23. The van der Waals surface area contributed by atoms with Crippen molar-refractivity contribution >= 4 is 33.4 Å². The second kappa shape index (κ2) is 8.27. The van der Waals surface area contributed by atoms with Gasteiger partial charge in [-0.05, 0) is 63.0 Å². The number of carbonyl (C=O) groups is 1. The lowest BCUT2D eigenvalue weighted by atomic mass is 9.92. The van der Waals surface area contributed by atoms with Crippen molar-refractivity contribution in [2.24, 2.45) is 4.99 Å². The molecule has 1 aromatic heterocycles. The lowest BCUT2D eigenvalue weighted by molar-refractivity contribution is 0.0993. The smallest absolute Gasteiger partial charge is 0.167 e. The number of carbonyl (C=O) groups excluding carboxylic acids is 1. The first-order valence-corrected chi connectivity index (χ1v) is 11.9. The predicted molar refractivity (Wildman–Crippen MR) is 138 cm³/mol. The van der Waals surface area contributed by atoms with Crippen LogP contribution in [0.5, 0.6) is 0 Å². The molecule has 0 spiro atoms. The fourth-order valence-electron chi connectivity index (χ4n) is 4.57. The number of benzene rings is 4. The molecule has 0 radical (unpaired) electrons. The van der Waals surface area contributed by atoms with Crippen LogP contribution in [-0.4, -0.2) is 12.0 Å². The standard InChI is InChI=1S/C30H21NOS/c32-28(16-21-10-4-6-12-25(21)20-8-2-1-3-9-20)23-14-24-18-31-19-27(24)26(15-23)30-17-22-11-5-7-13-29(22)33-30/h1-15,17-18H,16,19H2. The van der Waals surface area contributed by atoms with E-state index >= 15 is 0 Å². The molecular weight excluding hydrogens is 422 g/mol. The van der Waals surface area contributed by atoms with Crippen molar-refractivity contribution in [2.75, 3.05) is 0 Å². The Morgan fingerprint density at radius 3 is 2.48 bits per heavy atom. The molecule has 4 aromatic carbocycles. The van der Waals surface area contributed by atoms with Gasteiger partial charge in [0.15, 0.2) is 5.78 Å². The molecule has 0 saturated carbocycles. The summed E-state index contributed by atoms with van der Waals surface area (Å²) in [4.78, 5) is 19.2. The van der Waals surface area contributed by atoms with Crippen LogP contribution in [0, 0.1) is 0 Å². The average Bonchev–Trinajstić information content (AvgIpc) is 3.51. The highest BCUT2D eigenvalue weighted by Gasteiger charge is 2.20. The number of nitrogens with zero attached hydrogens (tertiary/aromatic N) is 1. The molecule has 6 rings (SSSR count). The van der Waals surface area contributed by atoms with E-state index in [-0.39, 0.29) is 5.78 Å². The van der Waals surface area contributed by atoms with E-state index in [4.69, 9.17) is 0 Å². The van der Waals surface area contributed by atoms with Gasteiger partial charge in [0.25, 0.3) is 0 Å². The van der Waals surface area contributed by atoms with Crippen molar-refractivity contribution in [1.82, 2.24) is 0 Å². The molecule has 158 valence electrons. The van der Waals surface area contributed by atoms with E-state index in [1.54, 1.807) is 11.3 Å². The maximum atomic E-state index is 13.5. The van der Waals surface area contributed by atoms with E-state index in [0.717, 1.165) is 33.4 Å². The largest absolute Gasteiger partial charge is 0.294 e. The summed E-state index contributed by atoms with van der Waals surface area (Å²) in [6.45, 7) is 0.671. The Labute approximate surface area is 196 Å². The summed E-state index contributed by atoms with van der Waals surface area (Å²) < 4.78 is 1.26. The molecule has 2 heterocycles. The van der Waals surface area contributed by atoms with Crippen LogP contribution in [-0.2, 0) is 13.0 Å². The Morgan fingerprint density at radius 1 is 0.818 bits per heavy atom. The fraction of sp³-hybridized carbons (Fsp3) is 0.0667. The molecule has 33 heavy (non-hydrogen) atoms. The van der Waals surface area contributed by atoms with Crippen molar-refractivity contribution in [2.45, 2.75) is 13.0 Å². The van der Waals surface area contributed by atoms with Crippen LogP contribution in [0.2, 0.25) is 0 Å². The number of hydrogen-bond donors (Lipinski definition) is 0. The molecule has 3 heteroatoms. The van der Waals surface area contributed by atoms with E-state index in [1.165, 1.54) is 20.5 Å². The normalized spacial score (nSPS) is 12.2.